The van der Waals surface area contributed by atoms with E-state index in [-0.39, 0.29) is 18.5 Å². The highest BCUT2D eigenvalue weighted by Crippen LogP contribution is 2.25. The first kappa shape index (κ1) is 17.0. The topological polar surface area (TPSA) is 66.5 Å². The number of amides is 1. The van der Waals surface area contributed by atoms with Crippen LogP contribution in [0.4, 0.5) is 5.69 Å². The average molecular weight is 324 g/mol. The SMILES string of the molecule is CCc1ccccc1NC(=O)CN(C1CCCC1)S(C)(=O)=O. The lowest BCUT2D eigenvalue weighted by Gasteiger charge is -2.25. The molecule has 0 bridgehead atoms. The third-order valence-corrected chi connectivity index (χ3v) is 5.41. The number of para-hydroxylation sites is 1. The molecule has 1 aliphatic carbocycles. The lowest BCUT2D eigenvalue weighted by molar-refractivity contribution is -0.116. The molecule has 1 aromatic rings. The number of carbonyl (C=O) groups excluding carboxylic acids is 1. The second-order valence-corrected chi connectivity index (χ2v) is 7.74. The van der Waals surface area contributed by atoms with Crippen LogP contribution < -0.4 is 5.32 Å². The van der Waals surface area contributed by atoms with Gasteiger partial charge in [-0.05, 0) is 30.9 Å². The summed E-state index contributed by atoms with van der Waals surface area (Å²) >= 11 is 0. The van der Waals surface area contributed by atoms with Crippen molar-refractivity contribution in [3.05, 3.63) is 29.8 Å². The monoisotopic (exact) mass is 324 g/mol. The molecule has 0 spiro atoms. The molecular weight excluding hydrogens is 300 g/mol. The fourth-order valence-electron chi connectivity index (χ4n) is 2.99. The molecule has 0 heterocycles. The molecule has 5 nitrogen and oxygen atoms in total. The van der Waals surface area contributed by atoms with Gasteiger partial charge < -0.3 is 5.32 Å². The number of aryl methyl sites for hydroxylation is 1. The van der Waals surface area contributed by atoms with E-state index in [9.17, 15) is 13.2 Å². The highest BCUT2D eigenvalue weighted by Gasteiger charge is 2.30. The van der Waals surface area contributed by atoms with Gasteiger partial charge in [0.2, 0.25) is 15.9 Å². The molecule has 22 heavy (non-hydrogen) atoms. The number of sulfonamides is 1. The van der Waals surface area contributed by atoms with Crippen molar-refractivity contribution < 1.29 is 13.2 Å². The Bertz CT molecular complexity index is 622. The highest BCUT2D eigenvalue weighted by atomic mass is 32.2. The van der Waals surface area contributed by atoms with Gasteiger partial charge in [-0.1, -0.05) is 38.0 Å². The Kier molecular flexibility index (Phi) is 5.58. The molecule has 1 N–H and O–H groups in total. The predicted molar refractivity (Wildman–Crippen MR) is 88.3 cm³/mol. The van der Waals surface area contributed by atoms with Crippen LogP contribution in [0.15, 0.2) is 24.3 Å². The van der Waals surface area contributed by atoms with Crippen LogP contribution in [0.25, 0.3) is 0 Å². The number of benzene rings is 1. The van der Waals surface area contributed by atoms with Gasteiger partial charge in [-0.2, -0.15) is 4.31 Å². The van der Waals surface area contributed by atoms with Crippen LogP contribution in [0.3, 0.4) is 0 Å². The fraction of sp³-hybridized carbons (Fsp3) is 0.562. The summed E-state index contributed by atoms with van der Waals surface area (Å²) in [6, 6.07) is 7.55. The van der Waals surface area contributed by atoms with Gasteiger partial charge in [0.25, 0.3) is 0 Å². The second-order valence-electron chi connectivity index (χ2n) is 5.81. The summed E-state index contributed by atoms with van der Waals surface area (Å²) in [6.45, 7) is 1.91. The smallest absolute Gasteiger partial charge is 0.239 e. The van der Waals surface area contributed by atoms with E-state index >= 15 is 0 Å². The van der Waals surface area contributed by atoms with E-state index in [4.69, 9.17) is 0 Å². The minimum absolute atomic E-state index is 0.0397. The van der Waals surface area contributed by atoms with Crippen molar-refractivity contribution >= 4 is 21.6 Å². The second kappa shape index (κ2) is 7.24. The summed E-state index contributed by atoms with van der Waals surface area (Å²) < 4.78 is 25.3. The first-order chi connectivity index (χ1) is 10.4. The van der Waals surface area contributed by atoms with Gasteiger partial charge in [0.15, 0.2) is 0 Å². The third kappa shape index (κ3) is 4.30. The molecule has 2 rings (SSSR count). The van der Waals surface area contributed by atoms with Crippen molar-refractivity contribution in [1.29, 1.82) is 0 Å². The van der Waals surface area contributed by atoms with E-state index in [0.29, 0.717) is 0 Å². The normalized spacial score (nSPS) is 16.1. The molecule has 1 aliphatic rings. The Morgan fingerprint density at radius 2 is 1.91 bits per heavy atom. The summed E-state index contributed by atoms with van der Waals surface area (Å²) in [5.41, 5.74) is 1.80. The van der Waals surface area contributed by atoms with Gasteiger partial charge in [0.05, 0.1) is 12.8 Å². The number of hydrogen-bond acceptors (Lipinski definition) is 3. The summed E-state index contributed by atoms with van der Waals surface area (Å²) in [5, 5.41) is 2.84. The zero-order chi connectivity index (χ0) is 16.2. The number of anilines is 1. The number of rotatable bonds is 6. The highest BCUT2D eigenvalue weighted by molar-refractivity contribution is 7.88. The molecule has 1 aromatic carbocycles. The minimum atomic E-state index is -3.38. The molecule has 0 unspecified atom stereocenters. The van der Waals surface area contributed by atoms with E-state index in [1.807, 2.05) is 31.2 Å². The number of nitrogens with zero attached hydrogens (tertiary/aromatic N) is 1. The zero-order valence-electron chi connectivity index (χ0n) is 13.2. The van der Waals surface area contributed by atoms with E-state index in [0.717, 1.165) is 43.4 Å². The lowest BCUT2D eigenvalue weighted by atomic mass is 10.1. The first-order valence-electron chi connectivity index (χ1n) is 7.76. The summed E-state index contributed by atoms with van der Waals surface area (Å²) in [4.78, 5) is 12.3. The average Bonchev–Trinajstić information content (AvgIpc) is 2.98. The Hall–Kier alpha value is -1.40. The van der Waals surface area contributed by atoms with Crippen molar-refractivity contribution in [2.75, 3.05) is 18.1 Å². The summed E-state index contributed by atoms with van der Waals surface area (Å²) in [6.07, 6.45) is 5.72. The molecule has 0 saturated heterocycles. The van der Waals surface area contributed by atoms with E-state index < -0.39 is 10.0 Å². The molecule has 0 atom stereocenters. The molecule has 1 saturated carbocycles. The van der Waals surface area contributed by atoms with E-state index in [1.54, 1.807) is 0 Å². The van der Waals surface area contributed by atoms with Crippen LogP contribution in [0.5, 0.6) is 0 Å². The van der Waals surface area contributed by atoms with Gasteiger partial charge >= 0.3 is 0 Å². The van der Waals surface area contributed by atoms with Crippen molar-refractivity contribution in [2.24, 2.45) is 0 Å². The summed E-state index contributed by atoms with van der Waals surface area (Å²) in [7, 11) is -3.38. The van der Waals surface area contributed by atoms with E-state index in [1.165, 1.54) is 10.6 Å². The molecule has 122 valence electrons. The number of carbonyl (C=O) groups is 1. The predicted octanol–water partition coefficient (Wildman–Crippen LogP) is 2.39. The molecule has 1 fully saturated rings. The molecule has 6 heteroatoms. The molecule has 0 aliphatic heterocycles. The third-order valence-electron chi connectivity index (χ3n) is 4.13. The fourth-order valence-corrected chi connectivity index (χ4v) is 4.10. The maximum Gasteiger partial charge on any atom is 0.239 e. The molecule has 0 aromatic heterocycles. The van der Waals surface area contributed by atoms with Crippen LogP contribution >= 0.6 is 0 Å². The van der Waals surface area contributed by atoms with Crippen molar-refractivity contribution in [1.82, 2.24) is 4.31 Å². The zero-order valence-corrected chi connectivity index (χ0v) is 14.0. The minimum Gasteiger partial charge on any atom is -0.325 e. The van der Waals surface area contributed by atoms with Crippen LogP contribution in [-0.2, 0) is 21.2 Å². The number of nitrogens with one attached hydrogen (secondary N) is 1. The maximum absolute atomic E-state index is 12.3. The standard InChI is InChI=1S/C16H24N2O3S/c1-3-13-8-4-7-11-15(13)17-16(19)12-18(22(2,20)21)14-9-5-6-10-14/h4,7-8,11,14H,3,5-6,9-10,12H2,1-2H3,(H,17,19). The Morgan fingerprint density at radius 3 is 2.50 bits per heavy atom. The van der Waals surface area contributed by atoms with Gasteiger partial charge in [-0.15, -0.1) is 0 Å². The van der Waals surface area contributed by atoms with Crippen LogP contribution in [0.2, 0.25) is 0 Å². The van der Waals surface area contributed by atoms with Gasteiger partial charge in [-0.3, -0.25) is 4.79 Å². The van der Waals surface area contributed by atoms with Crippen molar-refractivity contribution in [2.45, 2.75) is 45.1 Å². The molecule has 1 amide bonds. The Balaban J connectivity index is 2.08. The lowest BCUT2D eigenvalue weighted by Crippen LogP contribution is -2.43. The van der Waals surface area contributed by atoms with Gasteiger partial charge in [-0.25, -0.2) is 8.42 Å². The van der Waals surface area contributed by atoms with Crippen LogP contribution in [0.1, 0.15) is 38.2 Å². The summed E-state index contributed by atoms with van der Waals surface area (Å²) in [5.74, 6) is -0.279. The van der Waals surface area contributed by atoms with Crippen molar-refractivity contribution in [3.8, 4) is 0 Å². The quantitative estimate of drug-likeness (QED) is 0.874. The molecule has 0 radical (unpaired) electrons. The first-order valence-corrected chi connectivity index (χ1v) is 9.61. The van der Waals surface area contributed by atoms with Gasteiger partial charge in [0.1, 0.15) is 0 Å². The largest absolute Gasteiger partial charge is 0.325 e. The van der Waals surface area contributed by atoms with Gasteiger partial charge in [0, 0.05) is 11.7 Å². The Morgan fingerprint density at radius 1 is 1.27 bits per heavy atom. The van der Waals surface area contributed by atoms with Crippen LogP contribution in [0, 0.1) is 0 Å². The Labute approximate surface area is 132 Å². The maximum atomic E-state index is 12.3. The van der Waals surface area contributed by atoms with Crippen molar-refractivity contribution in [3.63, 3.8) is 0 Å². The molecular formula is C16H24N2O3S. The van der Waals surface area contributed by atoms with E-state index in [2.05, 4.69) is 5.32 Å². The van der Waals surface area contributed by atoms with Crippen LogP contribution in [-0.4, -0.2) is 37.5 Å². The number of hydrogen-bond donors (Lipinski definition) is 1.